The van der Waals surface area contributed by atoms with Gasteiger partial charge in [-0.2, -0.15) is 0 Å². The minimum Gasteiger partial charge on any atom is -0.374 e. The molecule has 0 saturated carbocycles. The van der Waals surface area contributed by atoms with Crippen LogP contribution in [0, 0.1) is 0 Å². The molecule has 0 spiro atoms. The van der Waals surface area contributed by atoms with E-state index in [2.05, 4.69) is 61.2 Å². The largest absolute Gasteiger partial charge is 0.374 e. The third-order valence-electron chi connectivity index (χ3n) is 3.09. The minimum atomic E-state index is 0.493. The van der Waals surface area contributed by atoms with Crippen molar-refractivity contribution in [1.29, 1.82) is 0 Å². The Labute approximate surface area is 117 Å². The molecule has 0 unspecified atom stereocenters. The van der Waals surface area contributed by atoms with Gasteiger partial charge in [0.2, 0.25) is 0 Å². The molecule has 0 atom stereocenters. The molecule has 4 heteroatoms. The summed E-state index contributed by atoms with van der Waals surface area (Å²) in [6, 6.07) is 2.60. The number of hydrogen-bond acceptors (Lipinski definition) is 4. The molecule has 1 aromatic heterocycles. The van der Waals surface area contributed by atoms with Crippen molar-refractivity contribution in [3.63, 3.8) is 0 Å². The van der Waals surface area contributed by atoms with Gasteiger partial charge in [-0.15, -0.1) is 0 Å². The van der Waals surface area contributed by atoms with Gasteiger partial charge < -0.3 is 15.1 Å². The van der Waals surface area contributed by atoms with E-state index in [0.717, 1.165) is 19.6 Å². The lowest BCUT2D eigenvalue weighted by Gasteiger charge is -2.23. The summed E-state index contributed by atoms with van der Waals surface area (Å²) in [5, 5.41) is 3.46. The van der Waals surface area contributed by atoms with Gasteiger partial charge in [0.15, 0.2) is 0 Å². The molecule has 0 fully saturated rings. The van der Waals surface area contributed by atoms with E-state index in [4.69, 9.17) is 0 Å². The van der Waals surface area contributed by atoms with E-state index in [0.29, 0.717) is 6.04 Å². The summed E-state index contributed by atoms with van der Waals surface area (Å²) in [6.07, 6.45) is 5.01. The van der Waals surface area contributed by atoms with Gasteiger partial charge in [0.25, 0.3) is 0 Å². The number of anilines is 1. The van der Waals surface area contributed by atoms with Crippen molar-refractivity contribution in [3.8, 4) is 0 Å². The first-order valence-corrected chi connectivity index (χ1v) is 7.03. The smallest absolute Gasteiger partial charge is 0.0440 e. The van der Waals surface area contributed by atoms with Gasteiger partial charge in [0.05, 0.1) is 0 Å². The van der Waals surface area contributed by atoms with E-state index in [1.807, 2.05) is 12.4 Å². The average Bonchev–Trinajstić information content (AvgIpc) is 2.36. The Morgan fingerprint density at radius 2 is 1.95 bits per heavy atom. The van der Waals surface area contributed by atoms with Crippen LogP contribution in [0.1, 0.15) is 25.8 Å². The summed E-state index contributed by atoms with van der Waals surface area (Å²) in [6.45, 7) is 7.39. The average molecular weight is 264 g/mol. The molecule has 108 valence electrons. The lowest BCUT2D eigenvalue weighted by molar-refractivity contribution is 0.401. The van der Waals surface area contributed by atoms with Crippen molar-refractivity contribution in [2.45, 2.75) is 32.9 Å². The highest BCUT2D eigenvalue weighted by Gasteiger charge is 2.07. The SMILES string of the molecule is CC(C)NCc1cnccc1N(C)CCCN(C)C. The number of rotatable bonds is 8. The Bertz CT molecular complexity index is 363. The second-order valence-electron chi connectivity index (χ2n) is 5.62. The summed E-state index contributed by atoms with van der Waals surface area (Å²) in [4.78, 5) is 8.79. The monoisotopic (exact) mass is 264 g/mol. The molecule has 0 bridgehead atoms. The Morgan fingerprint density at radius 1 is 1.21 bits per heavy atom. The summed E-state index contributed by atoms with van der Waals surface area (Å²) in [5.41, 5.74) is 2.55. The van der Waals surface area contributed by atoms with Gasteiger partial charge in [0.1, 0.15) is 0 Å². The van der Waals surface area contributed by atoms with E-state index < -0.39 is 0 Å². The van der Waals surface area contributed by atoms with Crippen molar-refractivity contribution < 1.29 is 0 Å². The lowest BCUT2D eigenvalue weighted by atomic mass is 10.2. The molecular formula is C15H28N4. The number of pyridine rings is 1. The highest BCUT2D eigenvalue weighted by molar-refractivity contribution is 5.51. The molecule has 0 aromatic carbocycles. The molecule has 19 heavy (non-hydrogen) atoms. The van der Waals surface area contributed by atoms with Gasteiger partial charge >= 0.3 is 0 Å². The zero-order valence-corrected chi connectivity index (χ0v) is 13.0. The van der Waals surface area contributed by atoms with Gasteiger partial charge in [0, 0.05) is 49.8 Å². The number of nitrogens with zero attached hydrogens (tertiary/aromatic N) is 3. The van der Waals surface area contributed by atoms with Crippen LogP contribution in [-0.4, -0.2) is 50.2 Å². The van der Waals surface area contributed by atoms with E-state index >= 15 is 0 Å². The Hall–Kier alpha value is -1.13. The first-order chi connectivity index (χ1) is 9.00. The van der Waals surface area contributed by atoms with Gasteiger partial charge in [-0.3, -0.25) is 4.98 Å². The number of hydrogen-bond donors (Lipinski definition) is 1. The van der Waals surface area contributed by atoms with Crippen molar-refractivity contribution >= 4 is 5.69 Å². The summed E-state index contributed by atoms with van der Waals surface area (Å²) >= 11 is 0. The van der Waals surface area contributed by atoms with Crippen LogP contribution in [0.5, 0.6) is 0 Å². The highest BCUT2D eigenvalue weighted by atomic mass is 15.1. The van der Waals surface area contributed by atoms with Crippen LogP contribution in [0.25, 0.3) is 0 Å². The first kappa shape index (κ1) is 15.9. The molecule has 0 aliphatic heterocycles. The predicted molar refractivity (Wildman–Crippen MR) is 82.7 cm³/mol. The van der Waals surface area contributed by atoms with Crippen molar-refractivity contribution in [3.05, 3.63) is 24.0 Å². The van der Waals surface area contributed by atoms with Crippen LogP contribution in [-0.2, 0) is 6.54 Å². The second-order valence-corrected chi connectivity index (χ2v) is 5.62. The highest BCUT2D eigenvalue weighted by Crippen LogP contribution is 2.18. The minimum absolute atomic E-state index is 0.493. The molecule has 0 aliphatic carbocycles. The normalized spacial score (nSPS) is 11.3. The molecule has 1 N–H and O–H groups in total. The maximum Gasteiger partial charge on any atom is 0.0440 e. The lowest BCUT2D eigenvalue weighted by Crippen LogP contribution is -2.26. The summed E-state index contributed by atoms with van der Waals surface area (Å²) < 4.78 is 0. The van der Waals surface area contributed by atoms with Crippen molar-refractivity contribution in [2.75, 3.05) is 39.1 Å². The fourth-order valence-electron chi connectivity index (χ4n) is 1.99. The van der Waals surface area contributed by atoms with E-state index in [1.54, 1.807) is 0 Å². The van der Waals surface area contributed by atoms with E-state index in [1.165, 1.54) is 17.7 Å². The first-order valence-electron chi connectivity index (χ1n) is 7.03. The molecule has 0 saturated heterocycles. The fraction of sp³-hybridized carbons (Fsp3) is 0.667. The summed E-state index contributed by atoms with van der Waals surface area (Å²) in [7, 11) is 6.39. The zero-order valence-electron chi connectivity index (χ0n) is 13.0. The van der Waals surface area contributed by atoms with Crippen molar-refractivity contribution in [1.82, 2.24) is 15.2 Å². The van der Waals surface area contributed by atoms with E-state index in [-0.39, 0.29) is 0 Å². The fourth-order valence-corrected chi connectivity index (χ4v) is 1.99. The van der Waals surface area contributed by atoms with Crippen LogP contribution in [0.2, 0.25) is 0 Å². The molecule has 0 aliphatic rings. The molecule has 0 radical (unpaired) electrons. The Kier molecular flexibility index (Phi) is 6.81. The molecular weight excluding hydrogens is 236 g/mol. The van der Waals surface area contributed by atoms with Crippen LogP contribution in [0.15, 0.2) is 18.5 Å². The third kappa shape index (κ3) is 6.03. The van der Waals surface area contributed by atoms with Crippen LogP contribution >= 0.6 is 0 Å². The van der Waals surface area contributed by atoms with Crippen molar-refractivity contribution in [2.24, 2.45) is 0 Å². The third-order valence-corrected chi connectivity index (χ3v) is 3.09. The zero-order chi connectivity index (χ0) is 14.3. The second kappa shape index (κ2) is 8.12. The molecule has 0 amide bonds. The number of aromatic nitrogens is 1. The summed E-state index contributed by atoms with van der Waals surface area (Å²) in [5.74, 6) is 0. The Balaban J connectivity index is 2.59. The topological polar surface area (TPSA) is 31.4 Å². The molecule has 1 heterocycles. The maximum absolute atomic E-state index is 4.24. The maximum atomic E-state index is 4.24. The molecule has 1 rings (SSSR count). The van der Waals surface area contributed by atoms with Gasteiger partial charge in [-0.1, -0.05) is 13.8 Å². The quantitative estimate of drug-likeness (QED) is 0.778. The van der Waals surface area contributed by atoms with Crippen LogP contribution in [0.4, 0.5) is 5.69 Å². The van der Waals surface area contributed by atoms with E-state index in [9.17, 15) is 0 Å². The van der Waals surface area contributed by atoms with Gasteiger partial charge in [-0.25, -0.2) is 0 Å². The predicted octanol–water partition coefficient (Wildman–Crippen LogP) is 1.97. The number of nitrogens with one attached hydrogen (secondary N) is 1. The van der Waals surface area contributed by atoms with Crippen LogP contribution < -0.4 is 10.2 Å². The standard InChI is InChI=1S/C15H28N4/c1-13(2)17-12-14-11-16-8-7-15(14)19(5)10-6-9-18(3)4/h7-8,11,13,17H,6,9-10,12H2,1-5H3. The molecule has 1 aromatic rings. The Morgan fingerprint density at radius 3 is 2.58 bits per heavy atom. The molecule has 4 nitrogen and oxygen atoms in total. The van der Waals surface area contributed by atoms with Gasteiger partial charge in [-0.05, 0) is 33.1 Å². The van der Waals surface area contributed by atoms with Crippen LogP contribution in [0.3, 0.4) is 0 Å².